The molecular weight excluding hydrogens is 368 g/mol. The summed E-state index contributed by atoms with van der Waals surface area (Å²) in [7, 11) is 0. The zero-order valence-electron chi connectivity index (χ0n) is 17.5. The van der Waals surface area contributed by atoms with Crippen molar-refractivity contribution in [3.63, 3.8) is 0 Å². The third-order valence-electron chi connectivity index (χ3n) is 6.79. The molecule has 3 rings (SSSR count). The van der Waals surface area contributed by atoms with Gasteiger partial charge in [-0.3, -0.25) is 0 Å². The van der Waals surface area contributed by atoms with Gasteiger partial charge >= 0.3 is 5.97 Å². The van der Waals surface area contributed by atoms with Gasteiger partial charge < -0.3 is 19.7 Å². The molecule has 1 aliphatic heterocycles. The smallest absolute Gasteiger partial charge is 0.382 e. The fourth-order valence-corrected chi connectivity index (χ4v) is 4.99. The molecule has 5 heteroatoms. The molecule has 0 spiro atoms. The molecular formula is C24H31O5-. The third kappa shape index (κ3) is 5.52. The molecule has 1 heterocycles. The number of hydrogen-bond donors (Lipinski definition) is 1. The van der Waals surface area contributed by atoms with Crippen LogP contribution in [0.5, 0.6) is 5.75 Å². The van der Waals surface area contributed by atoms with Crippen molar-refractivity contribution in [2.24, 2.45) is 29.6 Å². The number of fused-ring (bicyclic) bond motifs is 1. The second-order valence-electron chi connectivity index (χ2n) is 8.69. The summed E-state index contributed by atoms with van der Waals surface area (Å²) in [6, 6.07) is 6.68. The van der Waals surface area contributed by atoms with E-state index in [1.165, 1.54) is 6.42 Å². The molecule has 2 unspecified atom stereocenters. The number of benzene rings is 1. The molecule has 2 fully saturated rings. The maximum Gasteiger partial charge on any atom is 0.382 e. The topological polar surface area (TPSA) is 78.8 Å². The molecule has 1 aliphatic carbocycles. The molecule has 1 N–H and O–H groups in total. The first kappa shape index (κ1) is 21.7. The van der Waals surface area contributed by atoms with Crippen LogP contribution in [0.4, 0.5) is 0 Å². The highest BCUT2D eigenvalue weighted by atomic mass is 16.6. The van der Waals surface area contributed by atoms with E-state index in [-0.39, 0.29) is 5.92 Å². The molecule has 1 aromatic carbocycles. The molecule has 158 valence electrons. The average molecular weight is 400 g/mol. The summed E-state index contributed by atoms with van der Waals surface area (Å²) in [5.41, 5.74) is 0.573. The minimum atomic E-state index is -1.17. The van der Waals surface area contributed by atoms with E-state index in [1.54, 1.807) is 24.3 Å². The van der Waals surface area contributed by atoms with E-state index in [9.17, 15) is 9.90 Å². The van der Waals surface area contributed by atoms with Gasteiger partial charge in [0.25, 0.3) is 0 Å². The highest BCUT2D eigenvalue weighted by Gasteiger charge is 2.41. The summed E-state index contributed by atoms with van der Waals surface area (Å²) < 4.78 is 11.8. The number of carbonyl (C=O) groups is 1. The van der Waals surface area contributed by atoms with Crippen LogP contribution in [0.3, 0.4) is 0 Å². The van der Waals surface area contributed by atoms with E-state index in [0.717, 1.165) is 25.9 Å². The molecule has 7 atom stereocenters. The van der Waals surface area contributed by atoms with E-state index in [0.29, 0.717) is 41.1 Å². The fraction of sp³-hybridized carbons (Fsp3) is 0.625. The van der Waals surface area contributed by atoms with Gasteiger partial charge in [-0.25, -0.2) is 4.79 Å². The standard InChI is InChI=1S/C24H31O5/c1-15-4-11-21(22-14-28-16(2)5-12-20(15)22)17(3)24(27)29-19-9-6-18(7-10-19)8-13-23(25)26/h6-7,9-10,15-17,20-22,24H,4-5,11-12,14H2,1-3H3,(H,25,26)/q-1/t15-,16?,17-,20+,21+,22?,24-/m1/s1. The second kappa shape index (κ2) is 9.65. The first-order valence-corrected chi connectivity index (χ1v) is 10.6. The van der Waals surface area contributed by atoms with Gasteiger partial charge in [0.05, 0.1) is 12.7 Å². The van der Waals surface area contributed by atoms with Gasteiger partial charge in [-0.1, -0.05) is 26.2 Å². The Morgan fingerprint density at radius 3 is 2.59 bits per heavy atom. The van der Waals surface area contributed by atoms with Crippen molar-refractivity contribution in [3.05, 3.63) is 29.8 Å². The molecule has 2 aliphatic rings. The summed E-state index contributed by atoms with van der Waals surface area (Å²) in [5.74, 6) is 5.87. The Bertz CT molecular complexity index is 747. The number of ether oxygens (including phenoxy) is 2. The van der Waals surface area contributed by atoms with Crippen molar-refractivity contribution >= 4 is 5.97 Å². The Morgan fingerprint density at radius 2 is 1.90 bits per heavy atom. The predicted octanol–water partition coefficient (Wildman–Crippen LogP) is 3.30. The number of rotatable bonds is 4. The van der Waals surface area contributed by atoms with Crippen LogP contribution in [-0.2, 0) is 9.53 Å². The molecule has 1 saturated heterocycles. The van der Waals surface area contributed by atoms with Crippen molar-refractivity contribution in [3.8, 4) is 17.6 Å². The number of hydrogen-bond acceptors (Lipinski definition) is 4. The summed E-state index contributed by atoms with van der Waals surface area (Å²) in [6.07, 6.45) is 3.64. The van der Waals surface area contributed by atoms with Crippen molar-refractivity contribution in [1.29, 1.82) is 0 Å². The largest absolute Gasteiger partial charge is 0.821 e. The Balaban J connectivity index is 1.65. The van der Waals surface area contributed by atoms with E-state index in [4.69, 9.17) is 14.6 Å². The minimum Gasteiger partial charge on any atom is -0.821 e. The average Bonchev–Trinajstić information content (AvgIpc) is 2.90. The summed E-state index contributed by atoms with van der Waals surface area (Å²) in [6.45, 7) is 7.24. The quantitative estimate of drug-likeness (QED) is 0.621. The summed E-state index contributed by atoms with van der Waals surface area (Å²) in [4.78, 5) is 10.5. The molecule has 1 saturated carbocycles. The number of aliphatic carboxylic acids is 1. The van der Waals surface area contributed by atoms with Crippen molar-refractivity contribution in [2.45, 2.75) is 58.8 Å². The highest BCUT2D eigenvalue weighted by Crippen LogP contribution is 2.46. The van der Waals surface area contributed by atoms with Gasteiger partial charge in [0.2, 0.25) is 0 Å². The van der Waals surface area contributed by atoms with Gasteiger partial charge in [0.1, 0.15) is 5.75 Å². The lowest BCUT2D eigenvalue weighted by Crippen LogP contribution is -2.47. The molecule has 0 radical (unpaired) electrons. The van der Waals surface area contributed by atoms with Crippen LogP contribution in [0, 0.1) is 41.4 Å². The SMILES string of the molecule is CC1CC[C@@H]2C(CO1)[C@H]([C@@H](C)[C@H]([O-])Oc1ccc(C#CC(=O)O)cc1)CC[C@H]2C. The normalized spacial score (nSPS) is 31.4. The highest BCUT2D eigenvalue weighted by molar-refractivity contribution is 5.87. The molecule has 29 heavy (non-hydrogen) atoms. The van der Waals surface area contributed by atoms with Crippen LogP contribution >= 0.6 is 0 Å². The lowest BCUT2D eigenvalue weighted by atomic mass is 9.62. The van der Waals surface area contributed by atoms with Gasteiger partial charge in [0.15, 0.2) is 0 Å². The van der Waals surface area contributed by atoms with Gasteiger partial charge in [0, 0.05) is 17.8 Å². The second-order valence-corrected chi connectivity index (χ2v) is 8.69. The molecule has 0 bridgehead atoms. The predicted molar refractivity (Wildman–Crippen MR) is 108 cm³/mol. The molecule has 1 aromatic rings. The zero-order chi connectivity index (χ0) is 21.0. The molecule has 5 nitrogen and oxygen atoms in total. The van der Waals surface area contributed by atoms with E-state index in [1.807, 2.05) is 6.92 Å². The molecule has 0 amide bonds. The van der Waals surface area contributed by atoms with E-state index < -0.39 is 12.3 Å². The van der Waals surface area contributed by atoms with E-state index >= 15 is 0 Å². The Labute approximate surface area is 173 Å². The first-order valence-electron chi connectivity index (χ1n) is 10.6. The zero-order valence-corrected chi connectivity index (χ0v) is 17.5. The maximum absolute atomic E-state index is 12.9. The Morgan fingerprint density at radius 1 is 1.17 bits per heavy atom. The van der Waals surface area contributed by atoms with Crippen molar-refractivity contribution in [2.75, 3.05) is 6.61 Å². The fourth-order valence-electron chi connectivity index (χ4n) is 4.99. The summed E-state index contributed by atoms with van der Waals surface area (Å²) in [5, 5.41) is 21.5. The van der Waals surface area contributed by atoms with Gasteiger partial charge in [-0.15, -0.1) is 0 Å². The maximum atomic E-state index is 12.9. The van der Waals surface area contributed by atoms with Crippen LogP contribution in [0.2, 0.25) is 0 Å². The first-order chi connectivity index (χ1) is 13.8. The number of carboxylic acid groups (broad SMARTS) is 1. The van der Waals surface area contributed by atoms with Crippen LogP contribution in [0.15, 0.2) is 24.3 Å². The minimum absolute atomic E-state index is 0.113. The van der Waals surface area contributed by atoms with Crippen LogP contribution in [0.25, 0.3) is 0 Å². The van der Waals surface area contributed by atoms with E-state index in [2.05, 4.69) is 25.7 Å². The van der Waals surface area contributed by atoms with Gasteiger partial charge in [-0.2, -0.15) is 0 Å². The Hall–Kier alpha value is -2.03. The third-order valence-corrected chi connectivity index (χ3v) is 6.79. The molecule has 0 aromatic heterocycles. The van der Waals surface area contributed by atoms with Gasteiger partial charge in [-0.05, 0) is 80.0 Å². The van der Waals surface area contributed by atoms with Crippen LogP contribution < -0.4 is 9.84 Å². The monoisotopic (exact) mass is 399 g/mol. The van der Waals surface area contributed by atoms with Crippen LogP contribution in [-0.4, -0.2) is 30.1 Å². The summed E-state index contributed by atoms with van der Waals surface area (Å²) >= 11 is 0. The van der Waals surface area contributed by atoms with Crippen LogP contribution in [0.1, 0.15) is 52.0 Å². The van der Waals surface area contributed by atoms with Crippen molar-refractivity contribution < 1.29 is 24.5 Å². The lowest BCUT2D eigenvalue weighted by molar-refractivity contribution is -0.489. The lowest BCUT2D eigenvalue weighted by Gasteiger charge is -2.46. The number of carboxylic acids is 1. The van der Waals surface area contributed by atoms with Crippen molar-refractivity contribution in [1.82, 2.24) is 0 Å². The Kier molecular flexibility index (Phi) is 7.21.